The van der Waals surface area contributed by atoms with Crippen molar-refractivity contribution in [1.82, 2.24) is 0 Å². The van der Waals surface area contributed by atoms with E-state index >= 15 is 0 Å². The Morgan fingerprint density at radius 1 is 0.594 bits per heavy atom. The smallest absolute Gasteiger partial charge is 0.297 e. The number of benzene rings is 1. The highest BCUT2D eigenvalue weighted by molar-refractivity contribution is 7.86. The topological polar surface area (TPSA) is 71.1 Å². The Balaban J connectivity index is 1.80. The van der Waals surface area contributed by atoms with Crippen molar-refractivity contribution in [2.45, 2.75) is 83.0 Å². The summed E-state index contributed by atoms with van der Waals surface area (Å²) in [7, 11) is -3.73. The van der Waals surface area contributed by atoms with Gasteiger partial charge in [0, 0.05) is 6.61 Å². The molecular formula is C25H44O6S. The van der Waals surface area contributed by atoms with E-state index in [1.165, 1.54) is 69.9 Å². The normalized spacial score (nSPS) is 11.8. The molecule has 0 amide bonds. The fraction of sp³-hybridized carbons (Fsp3) is 0.760. The van der Waals surface area contributed by atoms with Crippen LogP contribution in [0.25, 0.3) is 0 Å². The molecule has 6 nitrogen and oxygen atoms in total. The number of ether oxygens (including phenoxy) is 3. The van der Waals surface area contributed by atoms with Gasteiger partial charge in [-0.25, -0.2) is 0 Å². The fourth-order valence-corrected chi connectivity index (χ4v) is 4.10. The quantitative estimate of drug-likeness (QED) is 0.160. The molecule has 0 unspecified atom stereocenters. The average molecular weight is 473 g/mol. The molecule has 0 spiro atoms. The Bertz CT molecular complexity index is 645. The van der Waals surface area contributed by atoms with E-state index in [9.17, 15) is 8.42 Å². The highest BCUT2D eigenvalue weighted by Gasteiger charge is 2.14. The fourth-order valence-electron chi connectivity index (χ4n) is 3.21. The summed E-state index contributed by atoms with van der Waals surface area (Å²) in [5.74, 6) is 0. The Hall–Kier alpha value is -0.990. The summed E-state index contributed by atoms with van der Waals surface area (Å²) in [5.41, 5.74) is 0.997. The molecule has 0 saturated heterocycles. The van der Waals surface area contributed by atoms with Gasteiger partial charge in [-0.15, -0.1) is 0 Å². The summed E-state index contributed by atoms with van der Waals surface area (Å²) in [6.07, 6.45) is 13.3. The molecule has 0 heterocycles. The van der Waals surface area contributed by atoms with E-state index in [0.717, 1.165) is 18.6 Å². The zero-order chi connectivity index (χ0) is 23.3. The summed E-state index contributed by atoms with van der Waals surface area (Å²) in [6.45, 7) is 7.11. The third kappa shape index (κ3) is 15.8. The molecule has 0 aliphatic carbocycles. The monoisotopic (exact) mass is 472 g/mol. The van der Waals surface area contributed by atoms with Crippen molar-refractivity contribution in [2.24, 2.45) is 0 Å². The summed E-state index contributed by atoms with van der Waals surface area (Å²) in [4.78, 5) is 0.157. The largest absolute Gasteiger partial charge is 0.379 e. The average Bonchev–Trinajstić information content (AvgIpc) is 2.78. The molecule has 1 aromatic rings. The first kappa shape index (κ1) is 29.0. The van der Waals surface area contributed by atoms with Crippen molar-refractivity contribution in [3.05, 3.63) is 29.8 Å². The standard InChI is InChI=1S/C25H44O6S/c1-3-4-5-6-7-8-9-10-11-12-17-28-18-19-29-20-21-30-22-23-31-32(26,27)25-15-13-24(2)14-16-25/h13-16H,3-12,17-23H2,1-2H3. The maximum Gasteiger partial charge on any atom is 0.297 e. The molecule has 0 fully saturated rings. The maximum absolute atomic E-state index is 12.0. The Kier molecular flexibility index (Phi) is 17.7. The molecule has 0 saturated carbocycles. The molecule has 0 aromatic heterocycles. The molecular weight excluding hydrogens is 428 g/mol. The minimum Gasteiger partial charge on any atom is -0.379 e. The van der Waals surface area contributed by atoms with Crippen LogP contribution >= 0.6 is 0 Å². The van der Waals surface area contributed by atoms with Gasteiger partial charge in [0.2, 0.25) is 0 Å². The lowest BCUT2D eigenvalue weighted by molar-refractivity contribution is 0.00912. The van der Waals surface area contributed by atoms with Crippen molar-refractivity contribution in [1.29, 1.82) is 0 Å². The predicted molar refractivity (Wildman–Crippen MR) is 129 cm³/mol. The number of hydrogen-bond acceptors (Lipinski definition) is 6. The zero-order valence-electron chi connectivity index (χ0n) is 20.2. The summed E-state index contributed by atoms with van der Waals surface area (Å²) < 4.78 is 45.4. The third-order valence-corrected chi connectivity index (χ3v) is 6.49. The Morgan fingerprint density at radius 3 is 1.56 bits per heavy atom. The minimum absolute atomic E-state index is 0.0157. The van der Waals surface area contributed by atoms with Gasteiger partial charge < -0.3 is 14.2 Å². The molecule has 1 rings (SSSR count). The highest BCUT2D eigenvalue weighted by Crippen LogP contribution is 2.13. The molecule has 0 N–H and O–H groups in total. The van der Waals surface area contributed by atoms with Gasteiger partial charge in [-0.2, -0.15) is 8.42 Å². The van der Waals surface area contributed by atoms with E-state index in [4.69, 9.17) is 18.4 Å². The van der Waals surface area contributed by atoms with Crippen LogP contribution in [0.15, 0.2) is 29.2 Å². The van der Waals surface area contributed by atoms with Crippen molar-refractivity contribution < 1.29 is 26.8 Å². The molecule has 7 heteroatoms. The molecule has 0 atom stereocenters. The van der Waals surface area contributed by atoms with Crippen LogP contribution in [0.5, 0.6) is 0 Å². The third-order valence-electron chi connectivity index (χ3n) is 5.16. The van der Waals surface area contributed by atoms with Gasteiger partial charge >= 0.3 is 0 Å². The molecule has 32 heavy (non-hydrogen) atoms. The second kappa shape index (κ2) is 19.5. The highest BCUT2D eigenvalue weighted by atomic mass is 32.2. The lowest BCUT2D eigenvalue weighted by Crippen LogP contribution is -2.14. The van der Waals surface area contributed by atoms with Crippen LogP contribution in [0.2, 0.25) is 0 Å². The van der Waals surface area contributed by atoms with Crippen molar-refractivity contribution in [3.8, 4) is 0 Å². The maximum atomic E-state index is 12.0. The van der Waals surface area contributed by atoms with Gasteiger partial charge in [0.05, 0.1) is 44.5 Å². The second-order valence-electron chi connectivity index (χ2n) is 8.11. The lowest BCUT2D eigenvalue weighted by atomic mass is 10.1. The van der Waals surface area contributed by atoms with Crippen LogP contribution in [-0.2, 0) is 28.5 Å². The molecule has 0 bridgehead atoms. The first-order valence-electron chi connectivity index (χ1n) is 12.3. The van der Waals surface area contributed by atoms with Gasteiger partial charge in [0.15, 0.2) is 0 Å². The van der Waals surface area contributed by atoms with Gasteiger partial charge in [0.25, 0.3) is 10.1 Å². The van der Waals surface area contributed by atoms with E-state index in [0.29, 0.717) is 26.4 Å². The number of unbranched alkanes of at least 4 members (excludes halogenated alkanes) is 9. The van der Waals surface area contributed by atoms with Crippen LogP contribution in [0.1, 0.15) is 76.7 Å². The van der Waals surface area contributed by atoms with E-state index in [1.54, 1.807) is 12.1 Å². The zero-order valence-corrected chi connectivity index (χ0v) is 21.0. The summed E-state index contributed by atoms with van der Waals surface area (Å²) in [5, 5.41) is 0. The van der Waals surface area contributed by atoms with Crippen LogP contribution in [0, 0.1) is 6.92 Å². The van der Waals surface area contributed by atoms with E-state index in [1.807, 2.05) is 6.92 Å². The summed E-state index contributed by atoms with van der Waals surface area (Å²) in [6, 6.07) is 6.56. The predicted octanol–water partition coefficient (Wildman–Crippen LogP) is 5.67. The first-order chi connectivity index (χ1) is 15.6. The number of hydrogen-bond donors (Lipinski definition) is 0. The van der Waals surface area contributed by atoms with Crippen LogP contribution < -0.4 is 0 Å². The van der Waals surface area contributed by atoms with Gasteiger partial charge in [0.1, 0.15) is 0 Å². The SMILES string of the molecule is CCCCCCCCCCCCOCCOCCOCCOS(=O)(=O)c1ccc(C)cc1. The van der Waals surface area contributed by atoms with Gasteiger partial charge in [-0.3, -0.25) is 4.18 Å². The summed E-state index contributed by atoms with van der Waals surface area (Å²) >= 11 is 0. The molecule has 0 radical (unpaired) electrons. The lowest BCUT2D eigenvalue weighted by Gasteiger charge is -2.08. The minimum atomic E-state index is -3.73. The van der Waals surface area contributed by atoms with E-state index in [-0.39, 0.29) is 18.1 Å². The Labute approximate surface area is 196 Å². The van der Waals surface area contributed by atoms with Crippen molar-refractivity contribution >= 4 is 10.1 Å². The Morgan fingerprint density at radius 2 is 1.03 bits per heavy atom. The van der Waals surface area contributed by atoms with E-state index < -0.39 is 10.1 Å². The first-order valence-corrected chi connectivity index (χ1v) is 13.7. The van der Waals surface area contributed by atoms with Crippen molar-refractivity contribution in [2.75, 3.05) is 46.2 Å². The van der Waals surface area contributed by atoms with Gasteiger partial charge in [-0.05, 0) is 25.5 Å². The molecule has 0 aliphatic rings. The molecule has 186 valence electrons. The van der Waals surface area contributed by atoms with Crippen molar-refractivity contribution in [3.63, 3.8) is 0 Å². The number of aryl methyl sites for hydroxylation is 1. The van der Waals surface area contributed by atoms with Gasteiger partial charge in [-0.1, -0.05) is 82.4 Å². The van der Waals surface area contributed by atoms with Crippen LogP contribution in [0.4, 0.5) is 0 Å². The number of rotatable bonds is 22. The van der Waals surface area contributed by atoms with Crippen LogP contribution in [0.3, 0.4) is 0 Å². The van der Waals surface area contributed by atoms with E-state index in [2.05, 4.69) is 6.92 Å². The molecule has 0 aliphatic heterocycles. The second-order valence-corrected chi connectivity index (χ2v) is 9.72. The molecule has 1 aromatic carbocycles. The van der Waals surface area contributed by atoms with Crippen LogP contribution in [-0.4, -0.2) is 54.7 Å².